The molecule has 1 aromatic heterocycles. The van der Waals surface area contributed by atoms with Gasteiger partial charge in [0.15, 0.2) is 5.69 Å². The number of nitrogens with one attached hydrogen (secondary N) is 1. The number of hydrogen-bond acceptors (Lipinski definition) is 2. The molecular weight excluding hydrogens is 219 g/mol. The Labute approximate surface area is 90.7 Å². The molecule has 6 heteroatoms. The molecule has 0 aromatic carbocycles. The van der Waals surface area contributed by atoms with Crippen LogP contribution in [0.4, 0.5) is 19.1 Å². The molecule has 1 saturated carbocycles. The molecule has 1 unspecified atom stereocenters. The van der Waals surface area contributed by atoms with Gasteiger partial charge in [-0.25, -0.2) is 4.98 Å². The van der Waals surface area contributed by atoms with Crippen LogP contribution in [0.25, 0.3) is 0 Å². The molecule has 0 bridgehead atoms. The fourth-order valence-corrected chi connectivity index (χ4v) is 2.21. The Hall–Kier alpha value is -1.20. The summed E-state index contributed by atoms with van der Waals surface area (Å²) in [7, 11) is 0. The van der Waals surface area contributed by atoms with Gasteiger partial charge in [-0.3, -0.25) is 0 Å². The summed E-state index contributed by atoms with van der Waals surface area (Å²) in [4.78, 5) is 3.61. The van der Waals surface area contributed by atoms with Crippen LogP contribution in [-0.4, -0.2) is 15.6 Å². The molecule has 1 aliphatic carbocycles. The first kappa shape index (κ1) is 9.99. The molecule has 1 fully saturated rings. The van der Waals surface area contributed by atoms with Crippen molar-refractivity contribution >= 4 is 5.95 Å². The van der Waals surface area contributed by atoms with E-state index in [1.54, 1.807) is 4.57 Å². The molecule has 3 nitrogen and oxygen atoms in total. The topological polar surface area (TPSA) is 29.9 Å². The van der Waals surface area contributed by atoms with E-state index in [2.05, 4.69) is 10.3 Å². The van der Waals surface area contributed by atoms with E-state index in [4.69, 9.17) is 0 Å². The van der Waals surface area contributed by atoms with Crippen molar-refractivity contribution in [3.8, 4) is 0 Å². The van der Waals surface area contributed by atoms with Crippen molar-refractivity contribution < 1.29 is 13.2 Å². The van der Waals surface area contributed by atoms with Crippen molar-refractivity contribution in [2.24, 2.45) is 5.92 Å². The second-order valence-electron chi connectivity index (χ2n) is 4.52. The largest absolute Gasteiger partial charge is 0.434 e. The molecule has 0 radical (unpaired) electrons. The van der Waals surface area contributed by atoms with E-state index in [1.165, 1.54) is 12.8 Å². The monoisotopic (exact) mass is 231 g/mol. The number of imidazole rings is 1. The van der Waals surface area contributed by atoms with Crippen LogP contribution in [0.3, 0.4) is 0 Å². The minimum atomic E-state index is -4.35. The van der Waals surface area contributed by atoms with E-state index >= 15 is 0 Å². The molecule has 1 aromatic rings. The summed E-state index contributed by atoms with van der Waals surface area (Å²) in [6, 6.07) is 0.316. The maximum absolute atomic E-state index is 12.4. The molecule has 0 spiro atoms. The highest BCUT2D eigenvalue weighted by Gasteiger charge is 2.38. The number of anilines is 1. The highest BCUT2D eigenvalue weighted by atomic mass is 19.4. The molecular formula is C10H12F3N3. The fourth-order valence-electron chi connectivity index (χ4n) is 2.21. The van der Waals surface area contributed by atoms with Gasteiger partial charge in [0.2, 0.25) is 5.95 Å². The van der Waals surface area contributed by atoms with Crippen molar-refractivity contribution in [2.45, 2.75) is 38.0 Å². The molecule has 88 valence electrons. The predicted octanol–water partition coefficient (Wildman–Crippen LogP) is 2.50. The molecule has 2 aliphatic rings. The summed E-state index contributed by atoms with van der Waals surface area (Å²) >= 11 is 0. The van der Waals surface area contributed by atoms with Crippen molar-refractivity contribution in [2.75, 3.05) is 5.32 Å². The van der Waals surface area contributed by atoms with Crippen molar-refractivity contribution in [3.05, 3.63) is 11.9 Å². The first-order valence-electron chi connectivity index (χ1n) is 5.45. The van der Waals surface area contributed by atoms with Gasteiger partial charge in [0.1, 0.15) is 0 Å². The van der Waals surface area contributed by atoms with Gasteiger partial charge >= 0.3 is 6.18 Å². The van der Waals surface area contributed by atoms with E-state index < -0.39 is 11.9 Å². The highest BCUT2D eigenvalue weighted by molar-refractivity contribution is 5.34. The zero-order chi connectivity index (χ0) is 11.3. The predicted molar refractivity (Wildman–Crippen MR) is 52.0 cm³/mol. The standard InChI is InChI=1S/C10H12F3N3/c11-10(12,13)8-5-16-4-3-7(6-1-2-6)14-9(16)15-8/h5-7H,1-4H2,(H,14,15). The normalized spacial score (nSPS) is 25.1. The van der Waals surface area contributed by atoms with Gasteiger partial charge in [0.05, 0.1) is 0 Å². The minimum absolute atomic E-state index is 0.316. The Morgan fingerprint density at radius 2 is 2.06 bits per heavy atom. The zero-order valence-corrected chi connectivity index (χ0v) is 8.59. The Balaban J connectivity index is 1.84. The smallest absolute Gasteiger partial charge is 0.353 e. The summed E-state index contributed by atoms with van der Waals surface area (Å²) in [6.45, 7) is 0.632. The van der Waals surface area contributed by atoms with Crippen molar-refractivity contribution in [3.63, 3.8) is 0 Å². The van der Waals surface area contributed by atoms with Gasteiger partial charge in [0, 0.05) is 18.8 Å². The second-order valence-corrected chi connectivity index (χ2v) is 4.52. The van der Waals surface area contributed by atoms with Crippen LogP contribution < -0.4 is 5.32 Å². The second kappa shape index (κ2) is 3.15. The van der Waals surface area contributed by atoms with Gasteiger partial charge < -0.3 is 9.88 Å². The van der Waals surface area contributed by atoms with Crippen LogP contribution in [0.5, 0.6) is 0 Å². The van der Waals surface area contributed by atoms with E-state index in [9.17, 15) is 13.2 Å². The van der Waals surface area contributed by atoms with Gasteiger partial charge in [-0.2, -0.15) is 13.2 Å². The lowest BCUT2D eigenvalue weighted by Gasteiger charge is -2.25. The summed E-state index contributed by atoms with van der Waals surface area (Å²) < 4.78 is 38.9. The third-order valence-electron chi connectivity index (χ3n) is 3.25. The molecule has 0 saturated heterocycles. The van der Waals surface area contributed by atoms with Crippen LogP contribution in [0, 0.1) is 5.92 Å². The van der Waals surface area contributed by atoms with E-state index in [0.29, 0.717) is 24.5 Å². The van der Waals surface area contributed by atoms with Crippen molar-refractivity contribution in [1.82, 2.24) is 9.55 Å². The zero-order valence-electron chi connectivity index (χ0n) is 8.59. The van der Waals surface area contributed by atoms with E-state index in [0.717, 1.165) is 12.6 Å². The van der Waals surface area contributed by atoms with Gasteiger partial charge in [-0.1, -0.05) is 0 Å². The third-order valence-corrected chi connectivity index (χ3v) is 3.25. The summed E-state index contributed by atoms with van der Waals surface area (Å²) in [5.74, 6) is 1.01. The number of fused-ring (bicyclic) bond motifs is 1. The molecule has 1 N–H and O–H groups in total. The molecule has 1 aliphatic heterocycles. The highest BCUT2D eigenvalue weighted by Crippen LogP contribution is 2.38. The molecule has 0 amide bonds. The number of hydrogen-bond donors (Lipinski definition) is 1. The number of aryl methyl sites for hydroxylation is 1. The minimum Gasteiger partial charge on any atom is -0.353 e. The van der Waals surface area contributed by atoms with Crippen LogP contribution in [0.2, 0.25) is 0 Å². The van der Waals surface area contributed by atoms with Crippen molar-refractivity contribution in [1.29, 1.82) is 0 Å². The maximum atomic E-state index is 12.4. The van der Waals surface area contributed by atoms with Crippen LogP contribution in [0.1, 0.15) is 25.0 Å². The fraction of sp³-hybridized carbons (Fsp3) is 0.700. The molecule has 3 rings (SSSR count). The summed E-state index contributed by atoms with van der Waals surface area (Å²) in [6.07, 6.45) is 0.00682. The lowest BCUT2D eigenvalue weighted by Crippen LogP contribution is -2.30. The Bertz CT molecular complexity index is 406. The molecule has 1 atom stereocenters. The molecule has 16 heavy (non-hydrogen) atoms. The first-order valence-corrected chi connectivity index (χ1v) is 5.45. The van der Waals surface area contributed by atoms with Gasteiger partial charge in [-0.15, -0.1) is 0 Å². The average molecular weight is 231 g/mol. The van der Waals surface area contributed by atoms with Crippen LogP contribution >= 0.6 is 0 Å². The third kappa shape index (κ3) is 1.66. The Morgan fingerprint density at radius 1 is 1.31 bits per heavy atom. The number of aromatic nitrogens is 2. The number of rotatable bonds is 1. The first-order chi connectivity index (χ1) is 7.54. The number of alkyl halides is 3. The van der Waals surface area contributed by atoms with Gasteiger partial charge in [0.25, 0.3) is 0 Å². The average Bonchev–Trinajstić information content (AvgIpc) is 2.95. The number of nitrogens with zero attached hydrogens (tertiary/aromatic N) is 2. The van der Waals surface area contributed by atoms with E-state index in [-0.39, 0.29) is 0 Å². The lowest BCUT2D eigenvalue weighted by atomic mass is 10.1. The van der Waals surface area contributed by atoms with Crippen LogP contribution in [-0.2, 0) is 12.7 Å². The molecule has 2 heterocycles. The Morgan fingerprint density at radius 3 is 2.69 bits per heavy atom. The quantitative estimate of drug-likeness (QED) is 0.804. The van der Waals surface area contributed by atoms with Crippen LogP contribution in [0.15, 0.2) is 6.20 Å². The summed E-state index contributed by atoms with van der Waals surface area (Å²) in [5, 5.41) is 3.10. The Kier molecular flexibility index (Phi) is 1.96. The van der Waals surface area contributed by atoms with E-state index in [1.807, 2.05) is 0 Å². The lowest BCUT2D eigenvalue weighted by molar-refractivity contribution is -0.140. The SMILES string of the molecule is FC(F)(F)c1cn2c(n1)NC(C1CC1)CC2. The maximum Gasteiger partial charge on any atom is 0.434 e. The van der Waals surface area contributed by atoms with Gasteiger partial charge in [-0.05, 0) is 25.2 Å². The number of halogens is 3. The summed E-state index contributed by atoms with van der Waals surface area (Å²) in [5.41, 5.74) is -0.800.